The van der Waals surface area contributed by atoms with Crippen LogP contribution in [0.25, 0.3) is 0 Å². The van der Waals surface area contributed by atoms with Crippen molar-refractivity contribution in [3.05, 3.63) is 28.2 Å². The predicted molar refractivity (Wildman–Crippen MR) is 62.4 cm³/mol. The van der Waals surface area contributed by atoms with Gasteiger partial charge in [0.2, 0.25) is 0 Å². The molecule has 0 spiro atoms. The first-order chi connectivity index (χ1) is 7.77. The van der Waals surface area contributed by atoms with Crippen molar-refractivity contribution in [2.45, 2.75) is 26.4 Å². The number of aromatic nitrogens is 2. The zero-order valence-electron chi connectivity index (χ0n) is 9.90. The quantitative estimate of drug-likeness (QED) is 0.682. The van der Waals surface area contributed by atoms with Crippen molar-refractivity contribution in [3.63, 3.8) is 0 Å². The van der Waals surface area contributed by atoms with Gasteiger partial charge in [0.05, 0.1) is 12.3 Å². The van der Waals surface area contributed by atoms with Crippen LogP contribution >= 0.6 is 0 Å². The van der Waals surface area contributed by atoms with Crippen molar-refractivity contribution >= 4 is 0 Å². The van der Waals surface area contributed by atoms with Gasteiger partial charge in [0.1, 0.15) is 0 Å². The van der Waals surface area contributed by atoms with Crippen LogP contribution in [0.5, 0.6) is 0 Å². The highest BCUT2D eigenvalue weighted by Crippen LogP contribution is 1.91. The van der Waals surface area contributed by atoms with Gasteiger partial charge in [-0.05, 0) is 12.5 Å². The fraction of sp³-hybridized carbons (Fsp3) is 0.636. The monoisotopic (exact) mass is 225 g/mol. The third-order valence-corrected chi connectivity index (χ3v) is 2.15. The van der Waals surface area contributed by atoms with Gasteiger partial charge >= 0.3 is 0 Å². The molecule has 1 aromatic heterocycles. The zero-order chi connectivity index (χ0) is 11.8. The number of nitrogens with zero attached hydrogens (tertiary/aromatic N) is 2. The van der Waals surface area contributed by atoms with Crippen LogP contribution in [0, 0.1) is 0 Å². The van der Waals surface area contributed by atoms with Crippen molar-refractivity contribution in [2.75, 3.05) is 20.3 Å². The summed E-state index contributed by atoms with van der Waals surface area (Å²) in [6.45, 7) is 4.81. The van der Waals surface area contributed by atoms with E-state index in [1.165, 1.54) is 4.68 Å². The molecule has 1 aromatic rings. The molecule has 1 N–H and O–H groups in total. The maximum absolute atomic E-state index is 11.4. The summed E-state index contributed by atoms with van der Waals surface area (Å²) in [5.41, 5.74) is 0.839. The van der Waals surface area contributed by atoms with Crippen molar-refractivity contribution in [2.24, 2.45) is 0 Å². The van der Waals surface area contributed by atoms with E-state index in [-0.39, 0.29) is 5.56 Å². The minimum atomic E-state index is -0.0394. The van der Waals surface area contributed by atoms with Gasteiger partial charge in [0, 0.05) is 32.8 Å². The van der Waals surface area contributed by atoms with Crippen LogP contribution in [0.15, 0.2) is 16.9 Å². The Labute approximate surface area is 95.4 Å². The molecule has 0 aliphatic carbocycles. The van der Waals surface area contributed by atoms with Crippen LogP contribution in [-0.4, -0.2) is 30.0 Å². The summed E-state index contributed by atoms with van der Waals surface area (Å²) in [5.74, 6) is 0. The number of rotatable bonds is 7. The normalized spacial score (nSPS) is 10.6. The van der Waals surface area contributed by atoms with Gasteiger partial charge in [0.25, 0.3) is 5.56 Å². The summed E-state index contributed by atoms with van der Waals surface area (Å²) in [5, 5.41) is 7.45. The van der Waals surface area contributed by atoms with Crippen LogP contribution in [0.2, 0.25) is 0 Å². The Morgan fingerprint density at radius 2 is 2.31 bits per heavy atom. The lowest BCUT2D eigenvalue weighted by Crippen LogP contribution is -2.25. The molecule has 0 aliphatic rings. The van der Waals surface area contributed by atoms with Crippen LogP contribution in [0.4, 0.5) is 0 Å². The van der Waals surface area contributed by atoms with Gasteiger partial charge in [-0.1, -0.05) is 6.92 Å². The largest absolute Gasteiger partial charge is 0.383 e. The van der Waals surface area contributed by atoms with Crippen LogP contribution in [0.1, 0.15) is 19.0 Å². The average Bonchev–Trinajstić information content (AvgIpc) is 2.29. The van der Waals surface area contributed by atoms with Gasteiger partial charge in [-0.25, -0.2) is 4.68 Å². The summed E-state index contributed by atoms with van der Waals surface area (Å²) in [6, 6.07) is 3.32. The molecular weight excluding hydrogens is 206 g/mol. The maximum Gasteiger partial charge on any atom is 0.266 e. The predicted octanol–water partition coefficient (Wildman–Crippen LogP) is 0.389. The topological polar surface area (TPSA) is 56.1 Å². The molecule has 0 amide bonds. The molecule has 0 saturated heterocycles. The van der Waals surface area contributed by atoms with Gasteiger partial charge in [0.15, 0.2) is 0 Å². The lowest BCUT2D eigenvalue weighted by molar-refractivity contribution is 0.199. The third kappa shape index (κ3) is 4.12. The average molecular weight is 225 g/mol. The number of aryl methyl sites for hydroxylation is 1. The summed E-state index contributed by atoms with van der Waals surface area (Å²) >= 11 is 0. The van der Waals surface area contributed by atoms with Gasteiger partial charge < -0.3 is 10.1 Å². The first-order valence-electron chi connectivity index (χ1n) is 5.54. The molecule has 1 heterocycles. The Kier molecular flexibility index (Phi) is 5.74. The molecule has 0 aliphatic heterocycles. The van der Waals surface area contributed by atoms with Gasteiger partial charge in [-0.3, -0.25) is 4.79 Å². The Morgan fingerprint density at radius 3 is 3.00 bits per heavy atom. The molecule has 0 bridgehead atoms. The lowest BCUT2D eigenvalue weighted by Gasteiger charge is -2.06. The molecule has 0 unspecified atom stereocenters. The molecule has 0 fully saturated rings. The third-order valence-electron chi connectivity index (χ3n) is 2.15. The minimum Gasteiger partial charge on any atom is -0.383 e. The summed E-state index contributed by atoms with van der Waals surface area (Å²) in [4.78, 5) is 11.4. The Balaban J connectivity index is 2.53. The fourth-order valence-electron chi connectivity index (χ4n) is 1.35. The molecular formula is C11H19N3O2. The van der Waals surface area contributed by atoms with Gasteiger partial charge in [-0.2, -0.15) is 5.10 Å². The second-order valence-corrected chi connectivity index (χ2v) is 3.56. The van der Waals surface area contributed by atoms with Crippen LogP contribution in [0.3, 0.4) is 0 Å². The van der Waals surface area contributed by atoms with E-state index >= 15 is 0 Å². The molecule has 16 heavy (non-hydrogen) atoms. The van der Waals surface area contributed by atoms with E-state index in [4.69, 9.17) is 4.74 Å². The van der Waals surface area contributed by atoms with Crippen molar-refractivity contribution in [1.29, 1.82) is 0 Å². The smallest absolute Gasteiger partial charge is 0.266 e. The first kappa shape index (κ1) is 12.9. The highest BCUT2D eigenvalue weighted by Gasteiger charge is 1.99. The molecule has 90 valence electrons. The van der Waals surface area contributed by atoms with Crippen molar-refractivity contribution < 1.29 is 4.74 Å². The van der Waals surface area contributed by atoms with E-state index in [9.17, 15) is 4.79 Å². The molecule has 0 radical (unpaired) electrons. The number of hydrogen-bond donors (Lipinski definition) is 1. The molecule has 0 aromatic carbocycles. The number of hydrogen-bond acceptors (Lipinski definition) is 4. The molecule has 0 saturated carbocycles. The second-order valence-electron chi connectivity index (χ2n) is 3.56. The Morgan fingerprint density at radius 1 is 1.50 bits per heavy atom. The standard InChI is InChI=1S/C11H19N3O2/c1-3-7-14-11(15)5-4-10(13-14)9-12-6-8-16-2/h4-5,12H,3,6-9H2,1-2H3. The highest BCUT2D eigenvalue weighted by atomic mass is 16.5. The van der Waals surface area contributed by atoms with Crippen molar-refractivity contribution in [3.8, 4) is 0 Å². The number of ether oxygens (including phenoxy) is 1. The van der Waals surface area contributed by atoms with E-state index < -0.39 is 0 Å². The maximum atomic E-state index is 11.4. The minimum absolute atomic E-state index is 0.0394. The molecule has 1 rings (SSSR count). The van der Waals surface area contributed by atoms with E-state index in [0.29, 0.717) is 19.7 Å². The SMILES string of the molecule is CCCn1nc(CNCCOC)ccc1=O. The van der Waals surface area contributed by atoms with Crippen LogP contribution < -0.4 is 10.9 Å². The van der Waals surface area contributed by atoms with E-state index in [1.807, 2.05) is 6.92 Å². The first-order valence-corrected chi connectivity index (χ1v) is 5.54. The molecule has 5 nitrogen and oxygen atoms in total. The lowest BCUT2D eigenvalue weighted by atomic mass is 10.4. The summed E-state index contributed by atoms with van der Waals surface area (Å²) < 4.78 is 6.43. The molecule has 0 atom stereocenters. The van der Waals surface area contributed by atoms with Crippen molar-refractivity contribution in [1.82, 2.24) is 15.1 Å². The van der Waals surface area contributed by atoms with E-state index in [0.717, 1.165) is 18.7 Å². The number of methoxy groups -OCH3 is 1. The second kappa shape index (κ2) is 7.14. The fourth-order valence-corrected chi connectivity index (χ4v) is 1.35. The Bertz CT molecular complexity index is 362. The summed E-state index contributed by atoms with van der Waals surface area (Å²) in [7, 11) is 1.67. The highest BCUT2D eigenvalue weighted by molar-refractivity contribution is 4.99. The van der Waals surface area contributed by atoms with Crippen LogP contribution in [-0.2, 0) is 17.8 Å². The zero-order valence-corrected chi connectivity index (χ0v) is 9.90. The Hall–Kier alpha value is -1.20. The van der Waals surface area contributed by atoms with E-state index in [1.54, 1.807) is 19.2 Å². The number of nitrogens with one attached hydrogen (secondary N) is 1. The molecule has 5 heteroatoms. The summed E-state index contributed by atoms with van der Waals surface area (Å²) in [6.07, 6.45) is 0.910. The van der Waals surface area contributed by atoms with E-state index in [2.05, 4.69) is 10.4 Å². The van der Waals surface area contributed by atoms with Gasteiger partial charge in [-0.15, -0.1) is 0 Å².